The van der Waals surface area contributed by atoms with Gasteiger partial charge in [0.15, 0.2) is 0 Å². The minimum absolute atomic E-state index is 0.0427. The van der Waals surface area contributed by atoms with Crippen LogP contribution in [0.15, 0.2) is 58.3 Å². The third-order valence-corrected chi connectivity index (χ3v) is 7.05. The molecule has 0 fully saturated rings. The average Bonchev–Trinajstić information content (AvgIpc) is 2.72. The number of methoxy groups -OCH3 is 2. The molecule has 0 amide bonds. The van der Waals surface area contributed by atoms with E-state index in [0.717, 1.165) is 0 Å². The third-order valence-electron chi connectivity index (χ3n) is 4.29. The number of sulfonamides is 2. The van der Waals surface area contributed by atoms with E-state index in [1.165, 1.54) is 56.7 Å². The van der Waals surface area contributed by atoms with Crippen LogP contribution in [0.5, 0.6) is 11.5 Å². The Kier molecular flexibility index (Phi) is 6.55. The number of anilines is 2. The number of hydrogen-bond donors (Lipinski definition) is 2. The number of nitrogens with zero attached hydrogens (tertiary/aromatic N) is 2. The molecule has 0 unspecified atom stereocenters. The molecule has 2 N–H and O–H groups in total. The topological polar surface area (TPSA) is 137 Å². The van der Waals surface area contributed by atoms with Crippen LogP contribution in [0.1, 0.15) is 11.4 Å². The SMILES string of the molecule is COc1ccc(S(=O)(=O)Nc2ccc(S(=O)(=O)Nc3nc(C)cc(C)n3)cc2)c(OC)c1. The minimum Gasteiger partial charge on any atom is -0.497 e. The number of aromatic nitrogens is 2. The fourth-order valence-electron chi connectivity index (χ4n) is 2.86. The van der Waals surface area contributed by atoms with Crippen LogP contribution >= 0.6 is 0 Å². The summed E-state index contributed by atoms with van der Waals surface area (Å²) < 4.78 is 65.8. The number of aryl methyl sites for hydroxylation is 2. The highest BCUT2D eigenvalue weighted by molar-refractivity contribution is 7.93. The first-order chi connectivity index (χ1) is 15.0. The van der Waals surface area contributed by atoms with E-state index in [2.05, 4.69) is 19.4 Å². The summed E-state index contributed by atoms with van der Waals surface area (Å²) in [5.74, 6) is 0.503. The van der Waals surface area contributed by atoms with Crippen molar-refractivity contribution >= 4 is 31.7 Å². The van der Waals surface area contributed by atoms with Crippen LogP contribution in [0, 0.1) is 13.8 Å². The molecule has 0 saturated heterocycles. The van der Waals surface area contributed by atoms with Crippen molar-refractivity contribution in [1.82, 2.24) is 9.97 Å². The van der Waals surface area contributed by atoms with E-state index in [4.69, 9.17) is 9.47 Å². The summed E-state index contributed by atoms with van der Waals surface area (Å²) in [7, 11) is -5.16. The van der Waals surface area contributed by atoms with E-state index in [0.29, 0.717) is 17.1 Å². The predicted octanol–water partition coefficient (Wildman–Crippen LogP) is 2.71. The number of hydrogen-bond acceptors (Lipinski definition) is 8. The van der Waals surface area contributed by atoms with Gasteiger partial charge >= 0.3 is 0 Å². The zero-order chi connectivity index (χ0) is 23.5. The molecule has 0 spiro atoms. The fraction of sp³-hybridized carbons (Fsp3) is 0.200. The molecule has 0 aliphatic heterocycles. The predicted molar refractivity (Wildman–Crippen MR) is 119 cm³/mol. The van der Waals surface area contributed by atoms with Crippen molar-refractivity contribution in [3.05, 3.63) is 59.9 Å². The standard InChI is InChI=1S/C20H22N4O6S2/c1-13-11-14(2)22-20(21-13)24-31(25,26)17-8-5-15(6-9-17)23-32(27,28)19-10-7-16(29-3)12-18(19)30-4/h5-12,23H,1-4H3,(H,21,22,24). The molecule has 3 rings (SSSR count). The van der Waals surface area contributed by atoms with Crippen molar-refractivity contribution in [2.45, 2.75) is 23.6 Å². The van der Waals surface area contributed by atoms with E-state index in [1.807, 2.05) is 0 Å². The summed E-state index contributed by atoms with van der Waals surface area (Å²) in [5.41, 5.74) is 1.41. The van der Waals surface area contributed by atoms with Crippen molar-refractivity contribution < 1.29 is 26.3 Å². The summed E-state index contributed by atoms with van der Waals surface area (Å²) in [4.78, 5) is 7.95. The Labute approximate surface area is 186 Å². The first-order valence-electron chi connectivity index (χ1n) is 9.24. The van der Waals surface area contributed by atoms with Crippen LogP contribution in [0.2, 0.25) is 0 Å². The lowest BCUT2D eigenvalue weighted by atomic mass is 10.3. The summed E-state index contributed by atoms with van der Waals surface area (Å²) >= 11 is 0. The monoisotopic (exact) mass is 478 g/mol. The minimum atomic E-state index is -4.00. The van der Waals surface area contributed by atoms with Gasteiger partial charge in [-0.2, -0.15) is 0 Å². The van der Waals surface area contributed by atoms with E-state index in [9.17, 15) is 16.8 Å². The van der Waals surface area contributed by atoms with E-state index >= 15 is 0 Å². The molecule has 32 heavy (non-hydrogen) atoms. The number of ether oxygens (including phenoxy) is 2. The van der Waals surface area contributed by atoms with Gasteiger partial charge < -0.3 is 9.47 Å². The van der Waals surface area contributed by atoms with Gasteiger partial charge in [-0.1, -0.05) is 0 Å². The van der Waals surface area contributed by atoms with Crippen LogP contribution in [0.3, 0.4) is 0 Å². The molecule has 170 valence electrons. The molecule has 1 heterocycles. The average molecular weight is 479 g/mol. The summed E-state index contributed by atoms with van der Waals surface area (Å²) in [6, 6.07) is 11.2. The first-order valence-corrected chi connectivity index (χ1v) is 12.2. The zero-order valence-corrected chi connectivity index (χ0v) is 19.4. The Morgan fingerprint density at radius 2 is 1.38 bits per heavy atom. The fourth-order valence-corrected chi connectivity index (χ4v) is 5.01. The Hall–Kier alpha value is -3.38. The van der Waals surface area contributed by atoms with Crippen molar-refractivity contribution in [3.63, 3.8) is 0 Å². The summed E-state index contributed by atoms with van der Waals surface area (Å²) in [6.45, 7) is 3.45. The van der Waals surface area contributed by atoms with Gasteiger partial charge in [0.1, 0.15) is 16.4 Å². The molecule has 1 aromatic heterocycles. The maximum Gasteiger partial charge on any atom is 0.265 e. The molecule has 0 saturated carbocycles. The lowest BCUT2D eigenvalue weighted by molar-refractivity contribution is 0.386. The molecule has 10 nitrogen and oxygen atoms in total. The molecular formula is C20H22N4O6S2. The van der Waals surface area contributed by atoms with Gasteiger partial charge in [0.05, 0.1) is 19.1 Å². The van der Waals surface area contributed by atoms with Gasteiger partial charge in [0.25, 0.3) is 20.0 Å². The maximum atomic E-state index is 12.8. The molecule has 3 aromatic rings. The van der Waals surface area contributed by atoms with Crippen molar-refractivity contribution in [3.8, 4) is 11.5 Å². The molecule has 12 heteroatoms. The lowest BCUT2D eigenvalue weighted by Gasteiger charge is -2.13. The van der Waals surface area contributed by atoms with Crippen molar-refractivity contribution in [2.75, 3.05) is 23.7 Å². The Bertz CT molecular complexity index is 1320. The number of nitrogens with one attached hydrogen (secondary N) is 2. The van der Waals surface area contributed by atoms with Gasteiger partial charge in [-0.05, 0) is 56.3 Å². The smallest absolute Gasteiger partial charge is 0.265 e. The maximum absolute atomic E-state index is 12.8. The molecular weight excluding hydrogens is 456 g/mol. The second-order valence-corrected chi connectivity index (χ2v) is 10.1. The van der Waals surface area contributed by atoms with Crippen molar-refractivity contribution in [2.24, 2.45) is 0 Å². The van der Waals surface area contributed by atoms with E-state index < -0.39 is 20.0 Å². The largest absolute Gasteiger partial charge is 0.497 e. The van der Waals surface area contributed by atoms with Gasteiger partial charge in [0.2, 0.25) is 5.95 Å². The summed E-state index contributed by atoms with van der Waals surface area (Å²) in [6.07, 6.45) is 0. The van der Waals surface area contributed by atoms with Gasteiger partial charge in [0, 0.05) is 23.1 Å². The van der Waals surface area contributed by atoms with Crippen molar-refractivity contribution in [1.29, 1.82) is 0 Å². The van der Waals surface area contributed by atoms with Crippen LogP contribution in [-0.4, -0.2) is 41.0 Å². The quantitative estimate of drug-likeness (QED) is 0.504. The first kappa shape index (κ1) is 23.3. The Balaban J connectivity index is 1.82. The number of rotatable bonds is 8. The highest BCUT2D eigenvalue weighted by atomic mass is 32.2. The van der Waals surface area contributed by atoms with E-state index in [-0.39, 0.29) is 27.2 Å². The molecule has 2 aromatic carbocycles. The highest BCUT2D eigenvalue weighted by Gasteiger charge is 2.21. The normalized spacial score (nSPS) is 11.6. The van der Waals surface area contributed by atoms with Gasteiger partial charge in [-0.25, -0.2) is 31.5 Å². The van der Waals surface area contributed by atoms with Crippen LogP contribution in [0.25, 0.3) is 0 Å². The second-order valence-electron chi connectivity index (χ2n) is 6.73. The Morgan fingerprint density at radius 1 is 0.750 bits per heavy atom. The van der Waals surface area contributed by atoms with E-state index in [1.54, 1.807) is 19.9 Å². The van der Waals surface area contributed by atoms with Crippen LogP contribution in [-0.2, 0) is 20.0 Å². The van der Waals surface area contributed by atoms with Crippen LogP contribution in [0.4, 0.5) is 11.6 Å². The summed E-state index contributed by atoms with van der Waals surface area (Å²) in [5, 5.41) is 0. The highest BCUT2D eigenvalue weighted by Crippen LogP contribution is 2.30. The third kappa shape index (κ3) is 5.26. The molecule has 0 aliphatic carbocycles. The Morgan fingerprint density at radius 3 is 1.94 bits per heavy atom. The zero-order valence-electron chi connectivity index (χ0n) is 17.8. The lowest BCUT2D eigenvalue weighted by Crippen LogP contribution is -2.16. The molecule has 0 atom stereocenters. The molecule has 0 bridgehead atoms. The molecule has 0 radical (unpaired) electrons. The van der Waals surface area contributed by atoms with Gasteiger partial charge in [-0.3, -0.25) is 4.72 Å². The molecule has 0 aliphatic rings. The second kappa shape index (κ2) is 9.01. The van der Waals surface area contributed by atoms with Gasteiger partial charge in [-0.15, -0.1) is 0 Å². The van der Waals surface area contributed by atoms with Crippen LogP contribution < -0.4 is 18.9 Å². The number of benzene rings is 2.